The highest BCUT2D eigenvalue weighted by Crippen LogP contribution is 2.19. The van der Waals surface area contributed by atoms with Gasteiger partial charge >= 0.3 is 5.97 Å². The fourth-order valence-corrected chi connectivity index (χ4v) is 2.04. The molecule has 0 aliphatic carbocycles. The molecule has 0 aromatic heterocycles. The number of carboxylic acids is 1. The van der Waals surface area contributed by atoms with Gasteiger partial charge < -0.3 is 10.4 Å². The summed E-state index contributed by atoms with van der Waals surface area (Å²) >= 11 is 5.70. The molecule has 0 aliphatic rings. The summed E-state index contributed by atoms with van der Waals surface area (Å²) in [5.41, 5.74) is 0.000326. The Bertz CT molecular complexity index is 505. The number of carbonyl (C=O) groups is 2. The zero-order valence-corrected chi connectivity index (χ0v) is 12.1. The van der Waals surface area contributed by atoms with E-state index in [4.69, 9.17) is 16.7 Å². The van der Waals surface area contributed by atoms with Crippen LogP contribution in [0.2, 0.25) is 5.02 Å². The molecule has 110 valence electrons. The van der Waals surface area contributed by atoms with Gasteiger partial charge in [-0.25, -0.2) is 4.39 Å². The number of halogens is 2. The van der Waals surface area contributed by atoms with Gasteiger partial charge in [0.1, 0.15) is 5.82 Å². The summed E-state index contributed by atoms with van der Waals surface area (Å²) in [6.45, 7) is 3.79. The molecule has 0 bridgehead atoms. The van der Waals surface area contributed by atoms with Crippen LogP contribution in [0.15, 0.2) is 18.2 Å². The van der Waals surface area contributed by atoms with E-state index in [1.807, 2.05) is 13.8 Å². The lowest BCUT2D eigenvalue weighted by Crippen LogP contribution is -2.33. The molecule has 4 nitrogen and oxygen atoms in total. The van der Waals surface area contributed by atoms with Crippen molar-refractivity contribution in [1.29, 1.82) is 0 Å². The van der Waals surface area contributed by atoms with E-state index in [2.05, 4.69) is 5.32 Å². The second kappa shape index (κ2) is 7.24. The first-order valence-corrected chi connectivity index (χ1v) is 6.65. The molecule has 2 N–H and O–H groups in total. The van der Waals surface area contributed by atoms with E-state index < -0.39 is 23.6 Å². The van der Waals surface area contributed by atoms with Crippen molar-refractivity contribution in [2.45, 2.75) is 20.3 Å². The summed E-state index contributed by atoms with van der Waals surface area (Å²) in [7, 11) is 0. The average Bonchev–Trinajstić information content (AvgIpc) is 2.36. The normalized spacial score (nSPS) is 12.2. The molecule has 1 atom stereocenters. The molecule has 1 aromatic carbocycles. The molecule has 0 saturated carbocycles. The minimum Gasteiger partial charge on any atom is -0.481 e. The largest absolute Gasteiger partial charge is 0.481 e. The van der Waals surface area contributed by atoms with Crippen LogP contribution in [0.25, 0.3) is 0 Å². The van der Waals surface area contributed by atoms with Crippen molar-refractivity contribution in [3.05, 3.63) is 34.6 Å². The molecule has 0 spiro atoms. The van der Waals surface area contributed by atoms with Crippen LogP contribution in [-0.4, -0.2) is 23.5 Å². The van der Waals surface area contributed by atoms with E-state index in [1.54, 1.807) is 0 Å². The van der Waals surface area contributed by atoms with E-state index in [9.17, 15) is 14.0 Å². The summed E-state index contributed by atoms with van der Waals surface area (Å²) in [5.74, 6) is -2.71. The van der Waals surface area contributed by atoms with Gasteiger partial charge in [-0.3, -0.25) is 9.59 Å². The molecular weight excluding hydrogens is 285 g/mol. The fourth-order valence-electron chi connectivity index (χ4n) is 1.83. The highest BCUT2D eigenvalue weighted by molar-refractivity contribution is 6.34. The Morgan fingerprint density at radius 3 is 2.60 bits per heavy atom. The summed E-state index contributed by atoms with van der Waals surface area (Å²) in [6.07, 6.45) is 0.451. The quantitative estimate of drug-likeness (QED) is 0.849. The fraction of sp³-hybridized carbons (Fsp3) is 0.429. The van der Waals surface area contributed by atoms with Crippen molar-refractivity contribution in [1.82, 2.24) is 5.32 Å². The molecule has 0 saturated heterocycles. The van der Waals surface area contributed by atoms with E-state index in [1.165, 1.54) is 12.1 Å². The third kappa shape index (κ3) is 4.49. The molecule has 0 unspecified atom stereocenters. The minimum atomic E-state index is -0.968. The van der Waals surface area contributed by atoms with Crippen molar-refractivity contribution in [3.8, 4) is 0 Å². The van der Waals surface area contributed by atoms with Gasteiger partial charge in [0.15, 0.2) is 0 Å². The van der Waals surface area contributed by atoms with Gasteiger partial charge in [0.25, 0.3) is 5.91 Å². The first-order valence-electron chi connectivity index (χ1n) is 6.28. The topological polar surface area (TPSA) is 66.4 Å². The number of carbonyl (C=O) groups excluding carboxylic acids is 1. The lowest BCUT2D eigenvalue weighted by atomic mass is 9.97. The Hall–Kier alpha value is -1.62. The van der Waals surface area contributed by atoms with E-state index in [-0.39, 0.29) is 23.0 Å². The van der Waals surface area contributed by atoms with Gasteiger partial charge in [-0.2, -0.15) is 0 Å². The maximum atomic E-state index is 13.2. The van der Waals surface area contributed by atoms with Crippen LogP contribution in [0.5, 0.6) is 0 Å². The van der Waals surface area contributed by atoms with Gasteiger partial charge in [-0.1, -0.05) is 31.5 Å². The number of hydrogen-bond donors (Lipinski definition) is 2. The molecule has 1 aromatic rings. The molecule has 0 heterocycles. The van der Waals surface area contributed by atoms with Crippen LogP contribution in [0.3, 0.4) is 0 Å². The number of amides is 1. The van der Waals surface area contributed by atoms with Gasteiger partial charge in [0, 0.05) is 6.54 Å². The van der Waals surface area contributed by atoms with Crippen molar-refractivity contribution in [3.63, 3.8) is 0 Å². The van der Waals surface area contributed by atoms with E-state index >= 15 is 0 Å². The first-order chi connectivity index (χ1) is 9.32. The van der Waals surface area contributed by atoms with Gasteiger partial charge in [0.05, 0.1) is 16.5 Å². The third-order valence-corrected chi connectivity index (χ3v) is 3.19. The second-order valence-electron chi connectivity index (χ2n) is 4.98. The van der Waals surface area contributed by atoms with E-state index in [0.717, 1.165) is 6.07 Å². The average molecular weight is 302 g/mol. The molecule has 20 heavy (non-hydrogen) atoms. The van der Waals surface area contributed by atoms with Gasteiger partial charge in [-0.15, -0.1) is 0 Å². The summed E-state index contributed by atoms with van der Waals surface area (Å²) in [4.78, 5) is 22.9. The number of aliphatic carboxylic acids is 1. The predicted octanol–water partition coefficient (Wildman–Crippen LogP) is 2.96. The van der Waals surface area contributed by atoms with Crippen LogP contribution in [0.1, 0.15) is 30.6 Å². The standard InChI is InChI=1S/C14H17ClFNO3/c1-8(2)6-9(14(19)20)7-17-13(18)10-4-3-5-11(16)12(10)15/h3-5,8-9H,6-7H2,1-2H3,(H,17,18)(H,19,20)/t9-/m0/s1. The number of rotatable bonds is 6. The minimum absolute atomic E-state index is 0.000326. The SMILES string of the molecule is CC(C)C[C@@H](CNC(=O)c1cccc(F)c1Cl)C(=O)O. The maximum absolute atomic E-state index is 13.2. The summed E-state index contributed by atoms with van der Waals surface area (Å²) < 4.78 is 13.2. The van der Waals surface area contributed by atoms with Gasteiger partial charge in [0.2, 0.25) is 0 Å². The Kier molecular flexibility index (Phi) is 5.95. The van der Waals surface area contributed by atoms with Crippen molar-refractivity contribution in [2.75, 3.05) is 6.54 Å². The molecular formula is C14H17ClFNO3. The Labute approximate surface area is 121 Å². The second-order valence-corrected chi connectivity index (χ2v) is 5.35. The maximum Gasteiger partial charge on any atom is 0.308 e. The Morgan fingerprint density at radius 1 is 1.40 bits per heavy atom. The number of carboxylic acid groups (broad SMARTS) is 1. The summed E-state index contributed by atoms with van der Waals surface area (Å²) in [5, 5.41) is 11.3. The molecule has 6 heteroatoms. The molecule has 0 fully saturated rings. The highest BCUT2D eigenvalue weighted by Gasteiger charge is 2.21. The van der Waals surface area contributed by atoms with Crippen LogP contribution in [-0.2, 0) is 4.79 Å². The van der Waals surface area contributed by atoms with Crippen molar-refractivity contribution >= 4 is 23.5 Å². The third-order valence-electron chi connectivity index (χ3n) is 2.81. The predicted molar refractivity (Wildman–Crippen MR) is 74.3 cm³/mol. The summed E-state index contributed by atoms with van der Waals surface area (Å²) in [6, 6.07) is 3.91. The Morgan fingerprint density at radius 2 is 2.05 bits per heavy atom. The molecule has 1 amide bonds. The van der Waals surface area contributed by atoms with Crippen LogP contribution in [0, 0.1) is 17.7 Å². The van der Waals surface area contributed by atoms with Gasteiger partial charge in [-0.05, 0) is 24.5 Å². The highest BCUT2D eigenvalue weighted by atomic mass is 35.5. The zero-order chi connectivity index (χ0) is 15.3. The number of benzene rings is 1. The lowest BCUT2D eigenvalue weighted by Gasteiger charge is -2.15. The smallest absolute Gasteiger partial charge is 0.308 e. The van der Waals surface area contributed by atoms with E-state index in [0.29, 0.717) is 6.42 Å². The first kappa shape index (κ1) is 16.4. The van der Waals surface area contributed by atoms with Crippen LogP contribution < -0.4 is 5.32 Å². The zero-order valence-electron chi connectivity index (χ0n) is 11.3. The Balaban J connectivity index is 2.70. The van der Waals surface area contributed by atoms with Crippen LogP contribution >= 0.6 is 11.6 Å². The monoisotopic (exact) mass is 301 g/mol. The lowest BCUT2D eigenvalue weighted by molar-refractivity contribution is -0.142. The number of nitrogens with one attached hydrogen (secondary N) is 1. The number of hydrogen-bond acceptors (Lipinski definition) is 2. The van der Waals surface area contributed by atoms with Crippen molar-refractivity contribution in [2.24, 2.45) is 11.8 Å². The van der Waals surface area contributed by atoms with Crippen molar-refractivity contribution < 1.29 is 19.1 Å². The molecule has 1 rings (SSSR count). The molecule has 0 aliphatic heterocycles. The van der Waals surface area contributed by atoms with Crippen LogP contribution in [0.4, 0.5) is 4.39 Å². The molecule has 0 radical (unpaired) electrons.